The molecule has 5 aliphatic rings. The van der Waals surface area contributed by atoms with Crippen LogP contribution in [-0.2, 0) is 4.74 Å². The molecule has 0 radical (unpaired) electrons. The number of rotatable bonds is 7. The lowest BCUT2D eigenvalue weighted by atomic mass is 9.49. The van der Waals surface area contributed by atoms with Gasteiger partial charge in [-0.2, -0.15) is 0 Å². The molecule has 0 aromatic carbocycles. The molecule has 1 unspecified atom stereocenters. The Labute approximate surface area is 148 Å². The molecule has 24 heavy (non-hydrogen) atoms. The number of aliphatic hydroxyl groups is 1. The second kappa shape index (κ2) is 7.25. The van der Waals surface area contributed by atoms with Crippen LogP contribution >= 0.6 is 0 Å². The first-order chi connectivity index (χ1) is 11.6. The highest BCUT2D eigenvalue weighted by molar-refractivity contribution is 5.01. The summed E-state index contributed by atoms with van der Waals surface area (Å²) in [6.45, 7) is 5.84. The molecule has 5 rings (SSSR count). The van der Waals surface area contributed by atoms with Gasteiger partial charge in [-0.25, -0.2) is 0 Å². The fourth-order valence-electron chi connectivity index (χ4n) is 7.02. The third kappa shape index (κ3) is 3.83. The van der Waals surface area contributed by atoms with Gasteiger partial charge in [0.15, 0.2) is 0 Å². The van der Waals surface area contributed by atoms with E-state index >= 15 is 0 Å². The molecular formula is C21H38NO2+. The third-order valence-electron chi connectivity index (χ3n) is 7.83. The maximum Gasteiger partial charge on any atom is 0.126 e. The van der Waals surface area contributed by atoms with E-state index in [2.05, 4.69) is 6.92 Å². The number of piperidine rings is 1. The molecule has 3 nitrogen and oxygen atoms in total. The maximum atomic E-state index is 10.3. The second-order valence-electron chi connectivity index (χ2n) is 9.91. The van der Waals surface area contributed by atoms with E-state index in [0.717, 1.165) is 30.9 Å². The minimum Gasteiger partial charge on any atom is -0.385 e. The van der Waals surface area contributed by atoms with Crippen molar-refractivity contribution in [3.8, 4) is 0 Å². The van der Waals surface area contributed by atoms with Crippen LogP contribution in [0.1, 0.15) is 71.1 Å². The van der Waals surface area contributed by atoms with Crippen LogP contribution in [0.3, 0.4) is 0 Å². The summed E-state index contributed by atoms with van der Waals surface area (Å²) in [6.07, 6.45) is 14.0. The van der Waals surface area contributed by atoms with Gasteiger partial charge in [0.05, 0.1) is 19.2 Å². The smallest absolute Gasteiger partial charge is 0.126 e. The van der Waals surface area contributed by atoms with Crippen molar-refractivity contribution >= 4 is 0 Å². The molecule has 3 atom stereocenters. The molecule has 1 aliphatic heterocycles. The van der Waals surface area contributed by atoms with E-state index in [9.17, 15) is 5.11 Å². The number of ether oxygens (including phenoxy) is 1. The SMILES string of the molecule is C[C@@H]1CCCC[NH+]1C[C@H](O)COCCC12CC3CC(CC(C3)C1)C2. The van der Waals surface area contributed by atoms with Crippen LogP contribution in [-0.4, -0.2) is 43.6 Å². The van der Waals surface area contributed by atoms with Crippen LogP contribution in [0, 0.1) is 23.2 Å². The summed E-state index contributed by atoms with van der Waals surface area (Å²) in [4.78, 5) is 1.58. The number of hydrogen-bond donors (Lipinski definition) is 2. The standard InChI is InChI=1S/C21H37NO2/c1-16-4-2-3-6-22(16)14-20(23)15-24-7-5-21-11-17-8-18(12-21)10-19(9-17)13-21/h16-20,23H,2-15H2,1H3/p+1/t16-,17?,18?,19?,20+,21?/m1/s1. The van der Waals surface area contributed by atoms with Gasteiger partial charge >= 0.3 is 0 Å². The van der Waals surface area contributed by atoms with Crippen molar-refractivity contribution in [1.29, 1.82) is 0 Å². The number of nitrogens with one attached hydrogen (secondary N) is 1. The molecule has 4 saturated carbocycles. The van der Waals surface area contributed by atoms with E-state index in [1.54, 1.807) is 4.90 Å². The Morgan fingerprint density at radius 2 is 1.75 bits per heavy atom. The van der Waals surface area contributed by atoms with Gasteiger partial charge in [0.25, 0.3) is 0 Å². The predicted molar refractivity (Wildman–Crippen MR) is 96.1 cm³/mol. The van der Waals surface area contributed by atoms with Crippen LogP contribution in [0.25, 0.3) is 0 Å². The van der Waals surface area contributed by atoms with Crippen LogP contribution < -0.4 is 4.90 Å². The Morgan fingerprint density at radius 3 is 2.38 bits per heavy atom. The zero-order chi connectivity index (χ0) is 16.6. The fourth-order valence-corrected chi connectivity index (χ4v) is 7.02. The van der Waals surface area contributed by atoms with Gasteiger partial charge in [0, 0.05) is 6.61 Å². The minimum atomic E-state index is -0.281. The topological polar surface area (TPSA) is 33.9 Å². The number of likely N-dealkylation sites (tertiary alicyclic amines) is 1. The molecule has 3 heteroatoms. The van der Waals surface area contributed by atoms with Crippen LogP contribution in [0.4, 0.5) is 0 Å². The van der Waals surface area contributed by atoms with Crippen molar-refractivity contribution in [2.24, 2.45) is 23.2 Å². The largest absolute Gasteiger partial charge is 0.385 e. The van der Waals surface area contributed by atoms with E-state index in [1.165, 1.54) is 70.8 Å². The lowest BCUT2D eigenvalue weighted by molar-refractivity contribution is -0.931. The monoisotopic (exact) mass is 336 g/mol. The van der Waals surface area contributed by atoms with E-state index in [1.807, 2.05) is 0 Å². The lowest BCUT2D eigenvalue weighted by Gasteiger charge is -2.57. The van der Waals surface area contributed by atoms with Crippen molar-refractivity contribution < 1.29 is 14.7 Å². The van der Waals surface area contributed by atoms with E-state index in [0.29, 0.717) is 18.1 Å². The first kappa shape index (κ1) is 17.3. The highest BCUT2D eigenvalue weighted by Gasteiger charge is 2.50. The Hall–Kier alpha value is -0.120. The molecule has 2 N–H and O–H groups in total. The average molecular weight is 337 g/mol. The second-order valence-corrected chi connectivity index (χ2v) is 9.91. The maximum absolute atomic E-state index is 10.3. The molecule has 1 heterocycles. The van der Waals surface area contributed by atoms with Gasteiger partial charge in [-0.05, 0) is 94.3 Å². The predicted octanol–water partition coefficient (Wildman–Crippen LogP) is 2.43. The molecule has 0 spiro atoms. The van der Waals surface area contributed by atoms with Crippen molar-refractivity contribution in [2.75, 3.05) is 26.3 Å². The normalized spacial score (nSPS) is 45.5. The summed E-state index contributed by atoms with van der Waals surface area (Å²) in [5.41, 5.74) is 0.617. The summed E-state index contributed by atoms with van der Waals surface area (Å²) in [7, 11) is 0. The summed E-state index contributed by atoms with van der Waals surface area (Å²) >= 11 is 0. The summed E-state index contributed by atoms with van der Waals surface area (Å²) in [6, 6.07) is 0.709. The van der Waals surface area contributed by atoms with Crippen molar-refractivity contribution in [1.82, 2.24) is 0 Å². The zero-order valence-electron chi connectivity index (χ0n) is 15.6. The van der Waals surface area contributed by atoms with Gasteiger partial charge in [0.1, 0.15) is 12.6 Å². The number of aliphatic hydroxyl groups excluding tert-OH is 1. The van der Waals surface area contributed by atoms with Gasteiger partial charge in [-0.1, -0.05) is 0 Å². The van der Waals surface area contributed by atoms with Crippen LogP contribution in [0.2, 0.25) is 0 Å². The minimum absolute atomic E-state index is 0.281. The van der Waals surface area contributed by atoms with Gasteiger partial charge in [0.2, 0.25) is 0 Å². The van der Waals surface area contributed by atoms with Crippen LogP contribution in [0.5, 0.6) is 0 Å². The lowest BCUT2D eigenvalue weighted by Crippen LogP contribution is -3.17. The highest BCUT2D eigenvalue weighted by Crippen LogP contribution is 2.61. The van der Waals surface area contributed by atoms with Gasteiger partial charge in [-0.15, -0.1) is 0 Å². The fraction of sp³-hybridized carbons (Fsp3) is 1.00. The quantitative estimate of drug-likeness (QED) is 0.700. The molecule has 138 valence electrons. The Balaban J connectivity index is 1.17. The molecule has 0 aromatic rings. The average Bonchev–Trinajstić information content (AvgIpc) is 2.53. The first-order valence-electron chi connectivity index (χ1n) is 10.7. The molecule has 4 bridgehead atoms. The molecule has 4 aliphatic carbocycles. The molecule has 5 fully saturated rings. The zero-order valence-corrected chi connectivity index (χ0v) is 15.6. The molecule has 0 amide bonds. The Bertz CT molecular complexity index is 389. The van der Waals surface area contributed by atoms with Crippen molar-refractivity contribution in [3.63, 3.8) is 0 Å². The van der Waals surface area contributed by atoms with Crippen molar-refractivity contribution in [2.45, 2.75) is 83.3 Å². The van der Waals surface area contributed by atoms with E-state index in [-0.39, 0.29) is 6.10 Å². The first-order valence-corrected chi connectivity index (χ1v) is 10.7. The summed E-state index contributed by atoms with van der Waals surface area (Å²) < 4.78 is 5.95. The van der Waals surface area contributed by atoms with Crippen LogP contribution in [0.15, 0.2) is 0 Å². The number of hydrogen-bond acceptors (Lipinski definition) is 2. The Kier molecular flexibility index (Phi) is 5.22. The van der Waals surface area contributed by atoms with Gasteiger partial charge in [-0.3, -0.25) is 0 Å². The van der Waals surface area contributed by atoms with E-state index in [4.69, 9.17) is 4.74 Å². The summed E-state index contributed by atoms with van der Waals surface area (Å²) in [5.74, 6) is 3.10. The van der Waals surface area contributed by atoms with Gasteiger partial charge < -0.3 is 14.7 Å². The number of quaternary nitrogens is 1. The van der Waals surface area contributed by atoms with E-state index < -0.39 is 0 Å². The van der Waals surface area contributed by atoms with Crippen molar-refractivity contribution in [3.05, 3.63) is 0 Å². The molecule has 0 aromatic heterocycles. The Morgan fingerprint density at radius 1 is 1.08 bits per heavy atom. The highest BCUT2D eigenvalue weighted by atomic mass is 16.5. The molecule has 1 saturated heterocycles. The third-order valence-corrected chi connectivity index (χ3v) is 7.83. The molecular weight excluding hydrogens is 298 g/mol. The summed E-state index contributed by atoms with van der Waals surface area (Å²) in [5, 5.41) is 10.3.